The second-order valence-electron chi connectivity index (χ2n) is 5.08. The standard InChI is InChI=1S/C15H13F2N5OS/c1-8-5-13-20-21-15(22(13)9(2)18-8)24-7-14(23)19-12-4-3-10(16)6-11(12)17/h3-6H,7H2,1-2H3,(H,19,23). The summed E-state index contributed by atoms with van der Waals surface area (Å²) in [5, 5.41) is 11.0. The summed E-state index contributed by atoms with van der Waals surface area (Å²) in [4.78, 5) is 16.3. The molecule has 0 saturated heterocycles. The Labute approximate surface area is 140 Å². The smallest absolute Gasteiger partial charge is 0.234 e. The Morgan fingerprint density at radius 1 is 1.25 bits per heavy atom. The van der Waals surface area contributed by atoms with Gasteiger partial charge >= 0.3 is 0 Å². The molecule has 0 unspecified atom stereocenters. The van der Waals surface area contributed by atoms with Crippen LogP contribution in [0.5, 0.6) is 0 Å². The van der Waals surface area contributed by atoms with Gasteiger partial charge in [0.15, 0.2) is 10.8 Å². The summed E-state index contributed by atoms with van der Waals surface area (Å²) in [6, 6.07) is 4.76. The fourth-order valence-corrected chi connectivity index (χ4v) is 2.99. The molecule has 3 rings (SSSR count). The zero-order chi connectivity index (χ0) is 17.3. The van der Waals surface area contributed by atoms with Gasteiger partial charge < -0.3 is 5.32 Å². The van der Waals surface area contributed by atoms with Crippen molar-refractivity contribution in [1.82, 2.24) is 19.6 Å². The lowest BCUT2D eigenvalue weighted by atomic mass is 10.3. The summed E-state index contributed by atoms with van der Waals surface area (Å²) < 4.78 is 28.1. The third-order valence-corrected chi connectivity index (χ3v) is 4.12. The van der Waals surface area contributed by atoms with Gasteiger partial charge in [0.2, 0.25) is 5.91 Å². The van der Waals surface area contributed by atoms with Crippen molar-refractivity contribution < 1.29 is 13.6 Å². The van der Waals surface area contributed by atoms with Crippen LogP contribution in [0.2, 0.25) is 0 Å². The number of amides is 1. The van der Waals surface area contributed by atoms with Crippen molar-refractivity contribution in [2.24, 2.45) is 0 Å². The minimum absolute atomic E-state index is 0.00489. The number of hydrogen-bond donors (Lipinski definition) is 1. The Morgan fingerprint density at radius 2 is 2.04 bits per heavy atom. The number of halogens is 2. The van der Waals surface area contributed by atoms with Crippen molar-refractivity contribution in [3.8, 4) is 0 Å². The number of rotatable bonds is 4. The highest BCUT2D eigenvalue weighted by molar-refractivity contribution is 7.99. The lowest BCUT2D eigenvalue weighted by Gasteiger charge is -2.06. The van der Waals surface area contributed by atoms with E-state index in [4.69, 9.17) is 0 Å². The van der Waals surface area contributed by atoms with Crippen molar-refractivity contribution in [3.05, 3.63) is 47.4 Å². The highest BCUT2D eigenvalue weighted by Crippen LogP contribution is 2.20. The molecular formula is C15H13F2N5OS. The normalized spacial score (nSPS) is 11.0. The van der Waals surface area contributed by atoms with Crippen LogP contribution in [-0.4, -0.2) is 31.2 Å². The van der Waals surface area contributed by atoms with E-state index in [0.717, 1.165) is 23.5 Å². The maximum Gasteiger partial charge on any atom is 0.234 e. The number of nitrogens with one attached hydrogen (secondary N) is 1. The molecule has 1 amide bonds. The third-order valence-electron chi connectivity index (χ3n) is 3.20. The first kappa shape index (κ1) is 16.3. The summed E-state index contributed by atoms with van der Waals surface area (Å²) in [6.07, 6.45) is 0. The number of fused-ring (bicyclic) bond motifs is 1. The van der Waals surface area contributed by atoms with E-state index in [9.17, 15) is 13.6 Å². The van der Waals surface area contributed by atoms with Crippen LogP contribution < -0.4 is 5.32 Å². The second kappa shape index (κ2) is 6.52. The van der Waals surface area contributed by atoms with E-state index in [1.807, 2.05) is 13.8 Å². The number of benzene rings is 1. The number of aromatic nitrogens is 4. The zero-order valence-electron chi connectivity index (χ0n) is 12.9. The van der Waals surface area contributed by atoms with Crippen molar-refractivity contribution in [3.63, 3.8) is 0 Å². The predicted octanol–water partition coefficient (Wildman–Crippen LogP) is 2.75. The first-order valence-corrected chi connectivity index (χ1v) is 7.99. The number of nitrogens with zero attached hydrogens (tertiary/aromatic N) is 4. The van der Waals surface area contributed by atoms with Gasteiger partial charge in [-0.3, -0.25) is 9.20 Å². The molecule has 24 heavy (non-hydrogen) atoms. The number of aryl methyl sites for hydroxylation is 2. The van der Waals surface area contributed by atoms with Crippen LogP contribution >= 0.6 is 11.8 Å². The van der Waals surface area contributed by atoms with Crippen LogP contribution in [0.1, 0.15) is 11.5 Å². The maximum absolute atomic E-state index is 13.5. The molecule has 0 radical (unpaired) electrons. The maximum atomic E-state index is 13.5. The van der Waals surface area contributed by atoms with Gasteiger partial charge in [0.25, 0.3) is 0 Å². The lowest BCUT2D eigenvalue weighted by Crippen LogP contribution is -2.15. The van der Waals surface area contributed by atoms with Crippen LogP contribution in [0, 0.1) is 25.5 Å². The topological polar surface area (TPSA) is 72.2 Å². The molecule has 0 aliphatic rings. The van der Waals surface area contributed by atoms with E-state index in [2.05, 4.69) is 20.5 Å². The molecule has 0 spiro atoms. The number of thioether (sulfide) groups is 1. The van der Waals surface area contributed by atoms with Crippen molar-refractivity contribution >= 4 is 29.0 Å². The predicted molar refractivity (Wildman–Crippen MR) is 86.0 cm³/mol. The molecule has 3 aromatic rings. The fourth-order valence-electron chi connectivity index (χ4n) is 2.20. The molecule has 6 nitrogen and oxygen atoms in total. The van der Waals surface area contributed by atoms with Gasteiger partial charge in [-0.1, -0.05) is 11.8 Å². The molecule has 124 valence electrons. The number of carbonyl (C=O) groups is 1. The minimum Gasteiger partial charge on any atom is -0.323 e. The average molecular weight is 349 g/mol. The quantitative estimate of drug-likeness (QED) is 0.733. The first-order valence-electron chi connectivity index (χ1n) is 7.01. The van der Waals surface area contributed by atoms with Gasteiger partial charge in [-0.25, -0.2) is 13.8 Å². The highest BCUT2D eigenvalue weighted by Gasteiger charge is 2.13. The highest BCUT2D eigenvalue weighted by atomic mass is 32.2. The van der Waals surface area contributed by atoms with Gasteiger partial charge in [-0.2, -0.15) is 0 Å². The zero-order valence-corrected chi connectivity index (χ0v) is 13.7. The van der Waals surface area contributed by atoms with E-state index in [1.165, 1.54) is 6.07 Å². The van der Waals surface area contributed by atoms with Crippen molar-refractivity contribution in [1.29, 1.82) is 0 Å². The summed E-state index contributed by atoms with van der Waals surface area (Å²) in [7, 11) is 0. The largest absolute Gasteiger partial charge is 0.323 e. The van der Waals surface area contributed by atoms with Crippen LogP contribution in [0.3, 0.4) is 0 Å². The first-order chi connectivity index (χ1) is 11.4. The number of carbonyl (C=O) groups excluding carboxylic acids is 1. The van der Waals surface area contributed by atoms with Gasteiger partial charge in [0, 0.05) is 17.8 Å². The summed E-state index contributed by atoms with van der Waals surface area (Å²) in [5.41, 5.74) is 1.41. The monoisotopic (exact) mass is 349 g/mol. The van der Waals surface area contributed by atoms with E-state index < -0.39 is 17.5 Å². The molecule has 1 aromatic carbocycles. The number of anilines is 1. The van der Waals surface area contributed by atoms with Crippen molar-refractivity contribution in [2.45, 2.75) is 19.0 Å². The van der Waals surface area contributed by atoms with Crippen molar-refractivity contribution in [2.75, 3.05) is 11.1 Å². The van der Waals surface area contributed by atoms with Crippen LogP contribution in [0.15, 0.2) is 29.4 Å². The van der Waals surface area contributed by atoms with E-state index in [-0.39, 0.29) is 11.4 Å². The SMILES string of the molecule is Cc1cc2nnc(SCC(=O)Nc3ccc(F)cc3F)n2c(C)n1. The Morgan fingerprint density at radius 3 is 2.79 bits per heavy atom. The van der Waals surface area contributed by atoms with E-state index in [1.54, 1.807) is 10.5 Å². The summed E-state index contributed by atoms with van der Waals surface area (Å²) in [5.74, 6) is -1.24. The molecule has 0 aliphatic carbocycles. The van der Waals surface area contributed by atoms with Gasteiger partial charge in [-0.05, 0) is 26.0 Å². The Balaban J connectivity index is 1.70. The van der Waals surface area contributed by atoms with Gasteiger partial charge in [-0.15, -0.1) is 10.2 Å². The van der Waals surface area contributed by atoms with Crippen LogP contribution in [0.25, 0.3) is 5.65 Å². The summed E-state index contributed by atoms with van der Waals surface area (Å²) in [6.45, 7) is 3.68. The van der Waals surface area contributed by atoms with Gasteiger partial charge in [0.05, 0.1) is 11.4 Å². The Kier molecular flexibility index (Phi) is 4.43. The molecule has 9 heteroatoms. The van der Waals surface area contributed by atoms with E-state index in [0.29, 0.717) is 22.7 Å². The molecule has 1 N–H and O–H groups in total. The molecular weight excluding hydrogens is 336 g/mol. The van der Waals surface area contributed by atoms with Crippen LogP contribution in [-0.2, 0) is 4.79 Å². The van der Waals surface area contributed by atoms with Crippen LogP contribution in [0.4, 0.5) is 14.5 Å². The third kappa shape index (κ3) is 3.35. The molecule has 0 aliphatic heterocycles. The summed E-state index contributed by atoms with van der Waals surface area (Å²) >= 11 is 1.15. The average Bonchev–Trinajstić information content (AvgIpc) is 2.91. The number of hydrogen-bond acceptors (Lipinski definition) is 5. The molecule has 0 saturated carbocycles. The molecule has 0 fully saturated rings. The lowest BCUT2D eigenvalue weighted by molar-refractivity contribution is -0.113. The molecule has 2 heterocycles. The molecule has 0 atom stereocenters. The van der Waals surface area contributed by atoms with Gasteiger partial charge in [0.1, 0.15) is 17.5 Å². The Bertz CT molecular complexity index is 928. The second-order valence-corrected chi connectivity index (χ2v) is 6.02. The minimum atomic E-state index is -0.822. The Hall–Kier alpha value is -2.55. The molecule has 2 aromatic heterocycles. The molecule has 0 bridgehead atoms. The van der Waals surface area contributed by atoms with E-state index >= 15 is 0 Å². The fraction of sp³-hybridized carbons (Fsp3) is 0.200.